The van der Waals surface area contributed by atoms with Crippen molar-refractivity contribution in [1.82, 2.24) is 9.97 Å². The molecule has 0 atom stereocenters. The van der Waals surface area contributed by atoms with Crippen molar-refractivity contribution < 1.29 is 17.3 Å². The summed E-state index contributed by atoms with van der Waals surface area (Å²) in [5, 5.41) is 0.392. The third-order valence-corrected chi connectivity index (χ3v) is 4.59. The van der Waals surface area contributed by atoms with Crippen molar-refractivity contribution >= 4 is 27.5 Å². The van der Waals surface area contributed by atoms with Gasteiger partial charge in [0.2, 0.25) is 0 Å². The average molecular weight is 384 g/mol. The van der Waals surface area contributed by atoms with Gasteiger partial charge in [0.25, 0.3) is 0 Å². The molecular formula is C16H18ClN3O4S. The molecule has 1 saturated heterocycles. The third kappa shape index (κ3) is 4.39. The Hall–Kier alpha value is -1.90. The summed E-state index contributed by atoms with van der Waals surface area (Å²) in [6.45, 7) is 4.67. The Labute approximate surface area is 151 Å². The van der Waals surface area contributed by atoms with Gasteiger partial charge in [-0.2, -0.15) is 8.42 Å². The Bertz CT molecular complexity index is 866. The lowest BCUT2D eigenvalue weighted by Crippen LogP contribution is -2.37. The number of aromatic nitrogens is 2. The number of morpholine rings is 1. The number of halogens is 1. The first-order valence-electron chi connectivity index (χ1n) is 7.70. The number of hydrogen-bond acceptors (Lipinski definition) is 7. The Morgan fingerprint density at radius 3 is 2.40 bits per heavy atom. The Balaban J connectivity index is 1.93. The van der Waals surface area contributed by atoms with Crippen LogP contribution in [0.4, 0.5) is 5.82 Å². The van der Waals surface area contributed by atoms with Crippen LogP contribution in [0.25, 0.3) is 11.4 Å². The molecule has 1 aliphatic rings. The number of benzene rings is 1. The Kier molecular flexibility index (Phi) is 5.12. The lowest BCUT2D eigenvalue weighted by atomic mass is 10.2. The van der Waals surface area contributed by atoms with Gasteiger partial charge in [-0.15, -0.1) is 0 Å². The van der Waals surface area contributed by atoms with Gasteiger partial charge in [0.1, 0.15) is 16.7 Å². The maximum Gasteiger partial charge on any atom is 0.306 e. The SMILES string of the molecule is Cc1c(Cl)nc(-c2ccc(OS(C)(=O)=O)cc2)nc1N1CCOCC1. The second-order valence-corrected chi connectivity index (χ2v) is 7.63. The van der Waals surface area contributed by atoms with Gasteiger partial charge in [0, 0.05) is 24.2 Å². The van der Waals surface area contributed by atoms with E-state index < -0.39 is 10.1 Å². The van der Waals surface area contributed by atoms with Gasteiger partial charge in [0.05, 0.1) is 19.5 Å². The fourth-order valence-electron chi connectivity index (χ4n) is 2.52. The van der Waals surface area contributed by atoms with Crippen LogP contribution in [-0.2, 0) is 14.9 Å². The van der Waals surface area contributed by atoms with E-state index >= 15 is 0 Å². The lowest BCUT2D eigenvalue weighted by Gasteiger charge is -2.29. The summed E-state index contributed by atoms with van der Waals surface area (Å²) in [5.41, 5.74) is 1.54. The first-order valence-corrected chi connectivity index (χ1v) is 9.90. The molecule has 1 aliphatic heterocycles. The molecule has 0 N–H and O–H groups in total. The fourth-order valence-corrected chi connectivity index (χ4v) is 3.15. The molecule has 0 radical (unpaired) electrons. The molecule has 0 spiro atoms. The zero-order valence-corrected chi connectivity index (χ0v) is 15.5. The van der Waals surface area contributed by atoms with Gasteiger partial charge in [-0.3, -0.25) is 0 Å². The molecule has 0 saturated carbocycles. The third-order valence-electron chi connectivity index (χ3n) is 3.73. The summed E-state index contributed by atoms with van der Waals surface area (Å²) >= 11 is 6.29. The number of nitrogens with zero attached hydrogens (tertiary/aromatic N) is 3. The van der Waals surface area contributed by atoms with Gasteiger partial charge in [-0.1, -0.05) is 11.6 Å². The smallest absolute Gasteiger partial charge is 0.306 e. The molecule has 1 aromatic heterocycles. The average Bonchev–Trinajstić information content (AvgIpc) is 2.57. The first kappa shape index (κ1) is 17.9. The van der Waals surface area contributed by atoms with Crippen molar-refractivity contribution in [1.29, 1.82) is 0 Å². The summed E-state index contributed by atoms with van der Waals surface area (Å²) in [7, 11) is -3.56. The van der Waals surface area contributed by atoms with Crippen LogP contribution in [0.2, 0.25) is 5.15 Å². The number of ether oxygens (including phenoxy) is 1. The van der Waals surface area contributed by atoms with Crippen LogP contribution in [0.1, 0.15) is 5.56 Å². The zero-order valence-electron chi connectivity index (χ0n) is 13.9. The highest BCUT2D eigenvalue weighted by Crippen LogP contribution is 2.28. The van der Waals surface area contributed by atoms with E-state index in [9.17, 15) is 8.42 Å². The van der Waals surface area contributed by atoms with Crippen LogP contribution < -0.4 is 9.08 Å². The van der Waals surface area contributed by atoms with Crippen LogP contribution in [0.15, 0.2) is 24.3 Å². The van der Waals surface area contributed by atoms with Crippen LogP contribution in [0.3, 0.4) is 0 Å². The summed E-state index contributed by atoms with van der Waals surface area (Å²) in [5.74, 6) is 1.50. The minimum atomic E-state index is -3.56. The molecule has 2 aromatic rings. The zero-order chi connectivity index (χ0) is 18.0. The van der Waals surface area contributed by atoms with Crippen molar-refractivity contribution in [3.63, 3.8) is 0 Å². The quantitative estimate of drug-likeness (QED) is 0.591. The summed E-state index contributed by atoms with van der Waals surface area (Å²) in [4.78, 5) is 11.1. The van der Waals surface area contributed by atoms with Gasteiger partial charge in [-0.25, -0.2) is 9.97 Å². The van der Waals surface area contributed by atoms with E-state index in [0.717, 1.165) is 36.3 Å². The van der Waals surface area contributed by atoms with Gasteiger partial charge >= 0.3 is 10.1 Å². The molecule has 9 heteroatoms. The van der Waals surface area contributed by atoms with E-state index in [1.807, 2.05) is 6.92 Å². The summed E-state index contributed by atoms with van der Waals surface area (Å²) in [6.07, 6.45) is 0.998. The number of anilines is 1. The van der Waals surface area contributed by atoms with Gasteiger partial charge < -0.3 is 13.8 Å². The molecule has 1 aromatic carbocycles. The molecule has 7 nitrogen and oxygen atoms in total. The van der Waals surface area contributed by atoms with Crippen LogP contribution >= 0.6 is 11.6 Å². The lowest BCUT2D eigenvalue weighted by molar-refractivity contribution is 0.122. The number of rotatable bonds is 4. The highest BCUT2D eigenvalue weighted by Gasteiger charge is 2.19. The summed E-state index contributed by atoms with van der Waals surface area (Å²) < 4.78 is 32.6. The highest BCUT2D eigenvalue weighted by atomic mass is 35.5. The monoisotopic (exact) mass is 383 g/mol. The van der Waals surface area contributed by atoms with E-state index in [1.54, 1.807) is 24.3 Å². The van der Waals surface area contributed by atoms with Crippen LogP contribution in [0.5, 0.6) is 5.75 Å². The number of hydrogen-bond donors (Lipinski definition) is 0. The molecule has 0 amide bonds. The normalized spacial score (nSPS) is 15.2. The Morgan fingerprint density at radius 2 is 1.80 bits per heavy atom. The predicted octanol–water partition coefficient (Wildman–Crippen LogP) is 2.28. The van der Waals surface area contributed by atoms with Crippen molar-refractivity contribution in [3.05, 3.63) is 35.0 Å². The van der Waals surface area contributed by atoms with Crippen LogP contribution in [-0.4, -0.2) is 50.9 Å². The summed E-state index contributed by atoms with van der Waals surface area (Å²) in [6, 6.07) is 6.51. The van der Waals surface area contributed by atoms with Gasteiger partial charge in [-0.05, 0) is 31.2 Å². The standard InChI is InChI=1S/C16H18ClN3O4S/c1-11-14(17)18-15(19-16(11)20-7-9-23-10-8-20)12-3-5-13(6-4-12)24-25(2,21)22/h3-6H,7-10H2,1-2H3. The van der Waals surface area contributed by atoms with Gasteiger partial charge in [0.15, 0.2) is 5.82 Å². The first-order chi connectivity index (χ1) is 11.8. The minimum Gasteiger partial charge on any atom is -0.383 e. The molecule has 134 valence electrons. The predicted molar refractivity (Wildman–Crippen MR) is 95.7 cm³/mol. The fraction of sp³-hybridized carbons (Fsp3) is 0.375. The van der Waals surface area contributed by atoms with Crippen molar-refractivity contribution in [3.8, 4) is 17.1 Å². The molecule has 25 heavy (non-hydrogen) atoms. The van der Waals surface area contributed by atoms with Crippen molar-refractivity contribution in [2.45, 2.75) is 6.92 Å². The largest absolute Gasteiger partial charge is 0.383 e. The molecule has 0 bridgehead atoms. The van der Waals surface area contributed by atoms with E-state index in [-0.39, 0.29) is 5.75 Å². The molecule has 2 heterocycles. The van der Waals surface area contributed by atoms with E-state index in [4.69, 9.17) is 20.5 Å². The highest BCUT2D eigenvalue weighted by molar-refractivity contribution is 7.86. The molecule has 3 rings (SSSR count). The van der Waals surface area contributed by atoms with Crippen molar-refractivity contribution in [2.75, 3.05) is 37.5 Å². The molecular weight excluding hydrogens is 366 g/mol. The van der Waals surface area contributed by atoms with E-state index in [0.29, 0.717) is 24.2 Å². The van der Waals surface area contributed by atoms with E-state index in [2.05, 4.69) is 14.9 Å². The molecule has 0 unspecified atom stereocenters. The second kappa shape index (κ2) is 7.15. The van der Waals surface area contributed by atoms with Crippen LogP contribution in [0, 0.1) is 6.92 Å². The topological polar surface area (TPSA) is 81.6 Å². The minimum absolute atomic E-state index is 0.234. The Morgan fingerprint density at radius 1 is 1.16 bits per heavy atom. The molecule has 0 aliphatic carbocycles. The maximum absolute atomic E-state index is 11.2. The van der Waals surface area contributed by atoms with E-state index in [1.165, 1.54) is 0 Å². The second-order valence-electron chi connectivity index (χ2n) is 5.70. The molecule has 1 fully saturated rings. The van der Waals surface area contributed by atoms with Crippen molar-refractivity contribution in [2.24, 2.45) is 0 Å². The maximum atomic E-state index is 11.2.